The van der Waals surface area contributed by atoms with Gasteiger partial charge in [-0.2, -0.15) is 0 Å². The van der Waals surface area contributed by atoms with Crippen LogP contribution < -0.4 is 10.6 Å². The van der Waals surface area contributed by atoms with Crippen molar-refractivity contribution in [3.05, 3.63) is 56.9 Å². The average molecular weight is 627 g/mol. The maximum Gasteiger partial charge on any atom is 0.182 e. The van der Waals surface area contributed by atoms with Crippen molar-refractivity contribution in [3.63, 3.8) is 0 Å². The number of nitrogens with one attached hydrogen (secondary N) is 2. The quantitative estimate of drug-likeness (QED) is 0.326. The highest BCUT2D eigenvalue weighted by Gasteiger charge is 2.49. The van der Waals surface area contributed by atoms with E-state index in [4.69, 9.17) is 4.74 Å². The topological polar surface area (TPSA) is 56.8 Å². The van der Waals surface area contributed by atoms with E-state index in [1.165, 1.54) is 50.3 Å². The van der Waals surface area contributed by atoms with Crippen LogP contribution in [-0.2, 0) is 11.3 Å². The summed E-state index contributed by atoms with van der Waals surface area (Å²) in [6.45, 7) is 1.88. The maximum absolute atomic E-state index is 14.6. The van der Waals surface area contributed by atoms with Crippen molar-refractivity contribution in [1.29, 1.82) is 0 Å². The molecule has 4 saturated carbocycles. The first-order valence-corrected chi connectivity index (χ1v) is 14.3. The van der Waals surface area contributed by atoms with Crippen molar-refractivity contribution < 1.29 is 23.0 Å². The van der Waals surface area contributed by atoms with Crippen LogP contribution in [0, 0.1) is 44.7 Å². The summed E-state index contributed by atoms with van der Waals surface area (Å²) >= 11 is 1.98. The summed E-state index contributed by atoms with van der Waals surface area (Å²) < 4.78 is 49.3. The van der Waals surface area contributed by atoms with E-state index in [0.717, 1.165) is 29.7 Å². The number of halogens is 4. The number of aliphatic hydroxyl groups is 1. The Morgan fingerprint density at radius 1 is 0.973 bits per heavy atom. The first-order chi connectivity index (χ1) is 17.8. The van der Waals surface area contributed by atoms with Gasteiger partial charge >= 0.3 is 0 Å². The Labute approximate surface area is 229 Å². The molecule has 2 aromatic carbocycles. The van der Waals surface area contributed by atoms with Crippen molar-refractivity contribution in [3.8, 4) is 0 Å². The van der Waals surface area contributed by atoms with Gasteiger partial charge in [-0.3, -0.25) is 4.90 Å². The third-order valence-electron chi connectivity index (χ3n) is 8.83. The summed E-state index contributed by atoms with van der Waals surface area (Å²) in [5.74, 6) is 0.758. The standard InChI is InChI=1S/C28H33F3IN3O2/c29-22-3-1-18(27(25(22)31)34-24-4-2-21(32)10-23(24)30)11-37-15-35-13-28(36,14-35)12-33-26-19-6-16-5-17(8-19)9-20(26)7-16/h1-4,10,16-17,19-20,26,33-34,36H,5-9,11-15H2. The van der Waals surface area contributed by atoms with E-state index >= 15 is 0 Å². The highest BCUT2D eigenvalue weighted by molar-refractivity contribution is 14.1. The summed E-state index contributed by atoms with van der Waals surface area (Å²) in [6, 6.07) is 7.51. The number of likely N-dealkylation sites (tertiary alicyclic amines) is 1. The fourth-order valence-corrected chi connectivity index (χ4v) is 7.87. The van der Waals surface area contributed by atoms with Crippen molar-refractivity contribution >= 4 is 34.0 Å². The normalized spacial score (nSPS) is 29.9. The van der Waals surface area contributed by atoms with Gasteiger partial charge in [0.15, 0.2) is 11.6 Å². The second-order valence-electron chi connectivity index (χ2n) is 11.7. The number of anilines is 2. The molecule has 0 amide bonds. The van der Waals surface area contributed by atoms with E-state index in [2.05, 4.69) is 10.6 Å². The zero-order valence-electron chi connectivity index (χ0n) is 20.7. The van der Waals surface area contributed by atoms with Crippen molar-refractivity contribution in [2.24, 2.45) is 23.7 Å². The van der Waals surface area contributed by atoms with Crippen LogP contribution in [0.3, 0.4) is 0 Å². The molecular formula is C28H33F3IN3O2. The second kappa shape index (κ2) is 10.3. The van der Waals surface area contributed by atoms with E-state index in [9.17, 15) is 18.3 Å². The third-order valence-corrected chi connectivity index (χ3v) is 9.50. The summed E-state index contributed by atoms with van der Waals surface area (Å²) in [6.07, 6.45) is 6.82. The molecule has 1 saturated heterocycles. The number of benzene rings is 2. The maximum atomic E-state index is 14.6. The number of rotatable bonds is 9. The van der Waals surface area contributed by atoms with Crippen molar-refractivity contribution in [1.82, 2.24) is 10.2 Å². The minimum Gasteiger partial charge on any atom is -0.386 e. The lowest BCUT2D eigenvalue weighted by molar-refractivity contribution is -0.141. The zero-order chi connectivity index (χ0) is 25.7. The highest BCUT2D eigenvalue weighted by atomic mass is 127. The van der Waals surface area contributed by atoms with Gasteiger partial charge in [0.2, 0.25) is 0 Å². The molecule has 37 heavy (non-hydrogen) atoms. The van der Waals surface area contributed by atoms with Gasteiger partial charge in [-0.05, 0) is 103 Å². The fraction of sp³-hybridized carbons (Fsp3) is 0.571. The van der Waals surface area contributed by atoms with Crippen LogP contribution in [0.2, 0.25) is 0 Å². The van der Waals surface area contributed by atoms with E-state index in [0.29, 0.717) is 34.8 Å². The lowest BCUT2D eigenvalue weighted by atomic mass is 9.54. The Morgan fingerprint density at radius 3 is 2.35 bits per heavy atom. The van der Waals surface area contributed by atoms with E-state index < -0.39 is 23.1 Å². The number of hydrogen-bond donors (Lipinski definition) is 3. The molecule has 5 aliphatic rings. The smallest absolute Gasteiger partial charge is 0.182 e. The molecule has 4 bridgehead atoms. The van der Waals surface area contributed by atoms with Crippen molar-refractivity contribution in [2.75, 3.05) is 31.7 Å². The zero-order valence-corrected chi connectivity index (χ0v) is 22.8. The van der Waals surface area contributed by atoms with Gasteiger partial charge in [0, 0.05) is 34.8 Å². The van der Waals surface area contributed by atoms with Crippen LogP contribution in [-0.4, -0.2) is 48.0 Å². The predicted octanol–water partition coefficient (Wildman–Crippen LogP) is 5.39. The van der Waals surface area contributed by atoms with Crippen LogP contribution in [0.25, 0.3) is 0 Å². The van der Waals surface area contributed by atoms with Gasteiger partial charge in [-0.15, -0.1) is 0 Å². The van der Waals surface area contributed by atoms with Crippen LogP contribution in [0.5, 0.6) is 0 Å². The summed E-state index contributed by atoms with van der Waals surface area (Å²) in [5, 5.41) is 17.4. The van der Waals surface area contributed by atoms with E-state index in [-0.39, 0.29) is 24.7 Å². The van der Waals surface area contributed by atoms with Gasteiger partial charge in [-0.25, -0.2) is 13.2 Å². The molecule has 0 unspecified atom stereocenters. The van der Waals surface area contributed by atoms with Crippen LogP contribution in [0.15, 0.2) is 30.3 Å². The van der Waals surface area contributed by atoms with Crippen LogP contribution in [0.1, 0.15) is 37.7 Å². The highest BCUT2D eigenvalue weighted by Crippen LogP contribution is 2.53. The van der Waals surface area contributed by atoms with Gasteiger partial charge in [0.05, 0.1) is 24.7 Å². The number of ether oxygens (including phenoxy) is 1. The second-order valence-corrected chi connectivity index (χ2v) is 12.9. The van der Waals surface area contributed by atoms with E-state index in [1.807, 2.05) is 27.5 Å². The molecule has 9 heteroatoms. The van der Waals surface area contributed by atoms with E-state index in [1.54, 1.807) is 6.07 Å². The SMILES string of the molecule is OC1(CNC2C3CC4CC(C3)CC2C4)CN(COCc2ccc(F)c(F)c2Nc2ccc(I)cc2F)C1. The Morgan fingerprint density at radius 2 is 1.68 bits per heavy atom. The molecular weight excluding hydrogens is 594 g/mol. The molecule has 5 fully saturated rings. The summed E-state index contributed by atoms with van der Waals surface area (Å²) in [4.78, 5) is 1.99. The third kappa shape index (κ3) is 5.39. The van der Waals surface area contributed by atoms with Crippen molar-refractivity contribution in [2.45, 2.75) is 50.4 Å². The number of hydrogen-bond acceptors (Lipinski definition) is 5. The first-order valence-electron chi connectivity index (χ1n) is 13.2. The lowest BCUT2D eigenvalue weighted by Gasteiger charge is -2.55. The average Bonchev–Trinajstić information content (AvgIpc) is 2.82. The molecule has 0 radical (unpaired) electrons. The minimum atomic E-state index is -1.08. The Balaban J connectivity index is 0.997. The molecule has 1 aliphatic heterocycles. The molecule has 3 N–H and O–H groups in total. The molecule has 4 aliphatic carbocycles. The number of nitrogens with zero attached hydrogens (tertiary/aromatic N) is 1. The van der Waals surface area contributed by atoms with Gasteiger partial charge in [0.1, 0.15) is 11.4 Å². The fourth-order valence-electron chi connectivity index (χ4n) is 7.41. The predicted molar refractivity (Wildman–Crippen MR) is 144 cm³/mol. The van der Waals surface area contributed by atoms with Gasteiger partial charge < -0.3 is 20.5 Å². The Hall–Kier alpha value is -1.40. The van der Waals surface area contributed by atoms with Crippen LogP contribution >= 0.6 is 22.6 Å². The largest absolute Gasteiger partial charge is 0.386 e. The number of β-amino-alcohol motifs (C(OH)–C–C–N with tert-alkyl or cyclic N) is 1. The van der Waals surface area contributed by atoms with Crippen LogP contribution in [0.4, 0.5) is 24.5 Å². The summed E-state index contributed by atoms with van der Waals surface area (Å²) in [5.41, 5.74) is -0.461. The Kier molecular flexibility index (Phi) is 7.19. The monoisotopic (exact) mass is 627 g/mol. The molecule has 2 aromatic rings. The molecule has 0 spiro atoms. The molecule has 200 valence electrons. The molecule has 0 atom stereocenters. The molecule has 0 aromatic heterocycles. The first kappa shape index (κ1) is 25.9. The molecule has 5 nitrogen and oxygen atoms in total. The summed E-state index contributed by atoms with van der Waals surface area (Å²) in [7, 11) is 0. The lowest BCUT2D eigenvalue weighted by Crippen LogP contribution is -2.68. The molecule has 1 heterocycles. The van der Waals surface area contributed by atoms with Gasteiger partial charge in [-0.1, -0.05) is 6.07 Å². The van der Waals surface area contributed by atoms with Gasteiger partial charge in [0.25, 0.3) is 0 Å². The molecule has 7 rings (SSSR count). The Bertz CT molecular complexity index is 1130. The minimum absolute atomic E-state index is 0.0203.